The van der Waals surface area contributed by atoms with Gasteiger partial charge in [0.2, 0.25) is 5.91 Å². The van der Waals surface area contributed by atoms with Crippen LogP contribution in [0.2, 0.25) is 0 Å². The number of unbranched alkanes of at least 4 members (excludes halogenated alkanes) is 1. The summed E-state index contributed by atoms with van der Waals surface area (Å²) < 4.78 is 0. The Morgan fingerprint density at radius 1 is 1.17 bits per heavy atom. The van der Waals surface area contributed by atoms with Crippen molar-refractivity contribution in [2.45, 2.75) is 32.1 Å². The van der Waals surface area contributed by atoms with Crippen molar-refractivity contribution in [1.29, 1.82) is 0 Å². The Morgan fingerprint density at radius 2 is 1.91 bits per heavy atom. The molecule has 1 heterocycles. The Hall–Kier alpha value is -1.39. The van der Waals surface area contributed by atoms with Crippen LogP contribution < -0.4 is 10.6 Å². The van der Waals surface area contributed by atoms with E-state index in [1.54, 1.807) is 7.05 Å². The molecule has 1 saturated heterocycles. The van der Waals surface area contributed by atoms with Crippen LogP contribution in [0, 0.1) is 5.92 Å². The monoisotopic (exact) mass is 317 g/mol. The summed E-state index contributed by atoms with van der Waals surface area (Å²) in [5, 5.41) is 5.80. The third-order valence-electron chi connectivity index (χ3n) is 4.63. The van der Waals surface area contributed by atoms with Crippen molar-refractivity contribution in [2.75, 3.05) is 39.8 Å². The van der Waals surface area contributed by atoms with Crippen molar-refractivity contribution in [3.8, 4) is 0 Å². The minimum atomic E-state index is 0.0919. The molecule has 0 atom stereocenters. The average molecular weight is 317 g/mol. The maximum Gasteiger partial charge on any atom is 0.233 e. The molecule has 4 nitrogen and oxygen atoms in total. The fraction of sp³-hybridized carbons (Fsp3) is 0.632. The highest BCUT2D eigenvalue weighted by molar-refractivity contribution is 5.77. The highest BCUT2D eigenvalue weighted by Gasteiger charge is 2.18. The SMILES string of the molecule is CNCC(=O)NCCCCN1CCC(Cc2ccccc2)CC1. The number of likely N-dealkylation sites (N-methyl/N-ethyl adjacent to an activating group) is 1. The van der Waals surface area contributed by atoms with Crippen molar-refractivity contribution in [1.82, 2.24) is 15.5 Å². The molecule has 128 valence electrons. The van der Waals surface area contributed by atoms with Gasteiger partial charge in [-0.2, -0.15) is 0 Å². The van der Waals surface area contributed by atoms with Crippen molar-refractivity contribution >= 4 is 5.91 Å². The summed E-state index contributed by atoms with van der Waals surface area (Å²) in [4.78, 5) is 13.9. The van der Waals surface area contributed by atoms with E-state index in [1.807, 2.05) is 0 Å². The molecule has 2 rings (SSSR count). The Morgan fingerprint density at radius 3 is 2.61 bits per heavy atom. The van der Waals surface area contributed by atoms with Crippen molar-refractivity contribution in [3.63, 3.8) is 0 Å². The molecule has 1 aliphatic rings. The number of nitrogens with one attached hydrogen (secondary N) is 2. The lowest BCUT2D eigenvalue weighted by Crippen LogP contribution is -2.36. The lowest BCUT2D eigenvalue weighted by atomic mass is 9.90. The van der Waals surface area contributed by atoms with Crippen LogP contribution in [0.15, 0.2) is 30.3 Å². The molecule has 0 aromatic heterocycles. The van der Waals surface area contributed by atoms with Gasteiger partial charge in [0.25, 0.3) is 0 Å². The standard InChI is InChI=1S/C19H31N3O/c1-20-16-19(23)21-11-5-6-12-22-13-9-18(10-14-22)15-17-7-3-2-4-8-17/h2-4,7-8,18,20H,5-6,9-16H2,1H3,(H,21,23). The summed E-state index contributed by atoms with van der Waals surface area (Å²) in [7, 11) is 1.79. The number of likely N-dealkylation sites (tertiary alicyclic amines) is 1. The second-order valence-electron chi connectivity index (χ2n) is 6.56. The molecule has 23 heavy (non-hydrogen) atoms. The predicted molar refractivity (Wildman–Crippen MR) is 95.5 cm³/mol. The highest BCUT2D eigenvalue weighted by atomic mass is 16.1. The normalized spacial score (nSPS) is 16.4. The summed E-state index contributed by atoms with van der Waals surface area (Å²) in [5.41, 5.74) is 1.48. The van der Waals surface area contributed by atoms with Crippen LogP contribution in [0.3, 0.4) is 0 Å². The van der Waals surface area contributed by atoms with E-state index in [4.69, 9.17) is 0 Å². The summed E-state index contributed by atoms with van der Waals surface area (Å²) >= 11 is 0. The van der Waals surface area contributed by atoms with Gasteiger partial charge in [0.15, 0.2) is 0 Å². The lowest BCUT2D eigenvalue weighted by molar-refractivity contribution is -0.120. The molecule has 1 fully saturated rings. The molecular formula is C19H31N3O. The zero-order valence-electron chi connectivity index (χ0n) is 14.4. The Balaban J connectivity index is 1.52. The van der Waals surface area contributed by atoms with Gasteiger partial charge in [0.1, 0.15) is 0 Å². The fourth-order valence-corrected chi connectivity index (χ4v) is 3.27. The fourth-order valence-electron chi connectivity index (χ4n) is 3.27. The minimum Gasteiger partial charge on any atom is -0.355 e. The van der Waals surface area contributed by atoms with Crippen LogP contribution in [0.4, 0.5) is 0 Å². The van der Waals surface area contributed by atoms with Crippen molar-refractivity contribution in [2.24, 2.45) is 5.92 Å². The zero-order chi connectivity index (χ0) is 16.3. The summed E-state index contributed by atoms with van der Waals surface area (Å²) in [6.45, 7) is 4.83. The van der Waals surface area contributed by atoms with Crippen LogP contribution in [-0.4, -0.2) is 50.6 Å². The summed E-state index contributed by atoms with van der Waals surface area (Å²) in [6.07, 6.45) is 6.09. The Bertz CT molecular complexity index is 441. The molecule has 1 aromatic carbocycles. The quantitative estimate of drug-likeness (QED) is 0.685. The molecule has 0 saturated carbocycles. The van der Waals surface area contributed by atoms with E-state index in [-0.39, 0.29) is 5.91 Å². The first-order chi connectivity index (χ1) is 11.3. The first-order valence-corrected chi connectivity index (χ1v) is 8.95. The number of piperidine rings is 1. The zero-order valence-corrected chi connectivity index (χ0v) is 14.4. The van der Waals surface area contributed by atoms with E-state index in [9.17, 15) is 4.79 Å². The van der Waals surface area contributed by atoms with Crippen LogP contribution >= 0.6 is 0 Å². The third-order valence-corrected chi connectivity index (χ3v) is 4.63. The van der Waals surface area contributed by atoms with Crippen molar-refractivity contribution < 1.29 is 4.79 Å². The number of hydrogen-bond donors (Lipinski definition) is 2. The molecule has 2 N–H and O–H groups in total. The van der Waals surface area contributed by atoms with E-state index in [1.165, 1.54) is 50.9 Å². The first kappa shape index (κ1) is 18.0. The molecule has 0 aliphatic carbocycles. The van der Waals surface area contributed by atoms with Gasteiger partial charge >= 0.3 is 0 Å². The van der Waals surface area contributed by atoms with E-state index < -0.39 is 0 Å². The molecule has 0 unspecified atom stereocenters. The average Bonchev–Trinajstić information content (AvgIpc) is 2.57. The smallest absolute Gasteiger partial charge is 0.233 e. The van der Waals surface area contributed by atoms with Gasteiger partial charge in [-0.05, 0) is 70.3 Å². The van der Waals surface area contributed by atoms with E-state index >= 15 is 0 Å². The number of benzene rings is 1. The van der Waals surface area contributed by atoms with E-state index in [2.05, 4.69) is 45.9 Å². The van der Waals surface area contributed by atoms with Crippen LogP contribution in [-0.2, 0) is 11.2 Å². The van der Waals surface area contributed by atoms with Gasteiger partial charge in [-0.15, -0.1) is 0 Å². The van der Waals surface area contributed by atoms with Gasteiger partial charge in [0.05, 0.1) is 6.54 Å². The first-order valence-electron chi connectivity index (χ1n) is 8.95. The van der Waals surface area contributed by atoms with Gasteiger partial charge in [-0.3, -0.25) is 4.79 Å². The number of nitrogens with zero attached hydrogens (tertiary/aromatic N) is 1. The molecule has 1 aliphatic heterocycles. The molecular weight excluding hydrogens is 286 g/mol. The maximum absolute atomic E-state index is 11.3. The van der Waals surface area contributed by atoms with E-state index in [0.717, 1.165) is 18.9 Å². The number of carbonyl (C=O) groups is 1. The van der Waals surface area contributed by atoms with Crippen molar-refractivity contribution in [3.05, 3.63) is 35.9 Å². The summed E-state index contributed by atoms with van der Waals surface area (Å²) in [5.74, 6) is 0.934. The van der Waals surface area contributed by atoms with Gasteiger partial charge in [-0.25, -0.2) is 0 Å². The number of carbonyl (C=O) groups excluding carboxylic acids is 1. The Labute approximate surface area is 140 Å². The minimum absolute atomic E-state index is 0.0919. The van der Waals surface area contributed by atoms with E-state index in [0.29, 0.717) is 6.54 Å². The lowest BCUT2D eigenvalue weighted by Gasteiger charge is -2.32. The maximum atomic E-state index is 11.3. The second kappa shape index (κ2) is 10.4. The second-order valence-corrected chi connectivity index (χ2v) is 6.56. The largest absolute Gasteiger partial charge is 0.355 e. The molecule has 0 bridgehead atoms. The summed E-state index contributed by atoms with van der Waals surface area (Å²) in [6, 6.07) is 10.9. The Kier molecular flexibility index (Phi) is 8.12. The molecule has 0 radical (unpaired) electrons. The number of rotatable bonds is 9. The van der Waals surface area contributed by atoms with Gasteiger partial charge in [0, 0.05) is 6.54 Å². The molecule has 4 heteroatoms. The molecule has 0 spiro atoms. The highest BCUT2D eigenvalue weighted by Crippen LogP contribution is 2.21. The number of amides is 1. The van der Waals surface area contributed by atoms with Crippen LogP contribution in [0.5, 0.6) is 0 Å². The topological polar surface area (TPSA) is 44.4 Å². The van der Waals surface area contributed by atoms with Crippen LogP contribution in [0.25, 0.3) is 0 Å². The van der Waals surface area contributed by atoms with Gasteiger partial charge in [-0.1, -0.05) is 30.3 Å². The molecule has 1 aromatic rings. The predicted octanol–water partition coefficient (Wildman–Crippen LogP) is 2.06. The van der Waals surface area contributed by atoms with Gasteiger partial charge < -0.3 is 15.5 Å². The third kappa shape index (κ3) is 7.14. The number of hydrogen-bond acceptors (Lipinski definition) is 3. The van der Waals surface area contributed by atoms with Crippen LogP contribution in [0.1, 0.15) is 31.2 Å². The molecule has 1 amide bonds.